The molecule has 1 saturated heterocycles. The van der Waals surface area contributed by atoms with Gasteiger partial charge in [-0.3, -0.25) is 4.79 Å². The highest BCUT2D eigenvalue weighted by molar-refractivity contribution is 5.81. The summed E-state index contributed by atoms with van der Waals surface area (Å²) in [5.74, 6) is 0.654. The lowest BCUT2D eigenvalue weighted by molar-refractivity contribution is -0.128. The molecule has 1 amide bonds. The number of fused-ring (bicyclic) bond motifs is 1. The van der Waals surface area contributed by atoms with Crippen LogP contribution >= 0.6 is 0 Å². The normalized spacial score (nSPS) is 17.2. The van der Waals surface area contributed by atoms with Gasteiger partial charge in [-0.1, -0.05) is 0 Å². The molecule has 5 heteroatoms. The molecule has 0 aromatic carbocycles. The zero-order valence-electron chi connectivity index (χ0n) is 12.2. The molecular formula is C16H20N4O. The molecule has 5 nitrogen and oxygen atoms in total. The van der Waals surface area contributed by atoms with Gasteiger partial charge in [0.2, 0.25) is 5.91 Å². The molecule has 1 aromatic rings. The Morgan fingerprint density at radius 3 is 2.81 bits per heavy atom. The Morgan fingerprint density at radius 1 is 1.29 bits per heavy atom. The van der Waals surface area contributed by atoms with E-state index in [0.29, 0.717) is 11.4 Å². The summed E-state index contributed by atoms with van der Waals surface area (Å²) in [5, 5.41) is 12.3. The van der Waals surface area contributed by atoms with E-state index >= 15 is 0 Å². The average Bonchev–Trinajstić information content (AvgIpc) is 3.06. The van der Waals surface area contributed by atoms with Crippen molar-refractivity contribution < 1.29 is 4.79 Å². The van der Waals surface area contributed by atoms with Crippen LogP contribution in [0.15, 0.2) is 6.07 Å². The minimum Gasteiger partial charge on any atom is -0.360 e. The number of carbonyl (C=O) groups is 1. The number of anilines is 1. The van der Waals surface area contributed by atoms with Crippen molar-refractivity contribution in [3.8, 4) is 6.07 Å². The van der Waals surface area contributed by atoms with Crippen LogP contribution in [0.2, 0.25) is 0 Å². The van der Waals surface area contributed by atoms with E-state index in [4.69, 9.17) is 0 Å². The first-order valence-electron chi connectivity index (χ1n) is 7.72. The summed E-state index contributed by atoms with van der Waals surface area (Å²) in [6, 6.07) is 4.12. The first-order valence-corrected chi connectivity index (χ1v) is 7.72. The molecule has 110 valence electrons. The van der Waals surface area contributed by atoms with Crippen molar-refractivity contribution >= 4 is 11.7 Å². The lowest BCUT2D eigenvalue weighted by Crippen LogP contribution is -2.33. The summed E-state index contributed by atoms with van der Waals surface area (Å²) in [4.78, 5) is 18.5. The SMILES string of the molecule is N#Cc1cc2c(nc1NCC(=O)N1CCCC1)CCCC2. The van der Waals surface area contributed by atoms with Gasteiger partial charge < -0.3 is 10.2 Å². The van der Waals surface area contributed by atoms with E-state index in [9.17, 15) is 10.1 Å². The van der Waals surface area contributed by atoms with Gasteiger partial charge in [-0.15, -0.1) is 0 Å². The van der Waals surface area contributed by atoms with Crippen molar-refractivity contribution in [2.24, 2.45) is 0 Å². The van der Waals surface area contributed by atoms with Gasteiger partial charge in [-0.25, -0.2) is 4.98 Å². The van der Waals surface area contributed by atoms with Gasteiger partial charge >= 0.3 is 0 Å². The molecule has 3 rings (SSSR count). The number of nitrogens with one attached hydrogen (secondary N) is 1. The number of hydrogen-bond acceptors (Lipinski definition) is 4. The van der Waals surface area contributed by atoms with Crippen LogP contribution in [-0.4, -0.2) is 35.4 Å². The molecule has 1 fully saturated rings. The van der Waals surface area contributed by atoms with E-state index < -0.39 is 0 Å². The Labute approximate surface area is 125 Å². The molecule has 2 aliphatic rings. The third-order valence-corrected chi connectivity index (χ3v) is 4.29. The van der Waals surface area contributed by atoms with E-state index in [1.807, 2.05) is 11.0 Å². The number of amides is 1. The highest BCUT2D eigenvalue weighted by Gasteiger charge is 2.19. The van der Waals surface area contributed by atoms with Crippen LogP contribution in [0, 0.1) is 11.3 Å². The van der Waals surface area contributed by atoms with Crippen LogP contribution in [0.3, 0.4) is 0 Å². The number of nitriles is 1. The first-order chi connectivity index (χ1) is 10.3. The van der Waals surface area contributed by atoms with Crippen LogP contribution in [0.5, 0.6) is 0 Å². The zero-order chi connectivity index (χ0) is 14.7. The summed E-state index contributed by atoms with van der Waals surface area (Å²) >= 11 is 0. The highest BCUT2D eigenvalue weighted by Crippen LogP contribution is 2.24. The summed E-state index contributed by atoms with van der Waals surface area (Å²) in [5.41, 5.74) is 2.82. The van der Waals surface area contributed by atoms with Gasteiger partial charge in [0.1, 0.15) is 11.9 Å². The van der Waals surface area contributed by atoms with Gasteiger partial charge in [-0.05, 0) is 50.2 Å². The molecule has 1 aliphatic heterocycles. The van der Waals surface area contributed by atoms with Crippen LogP contribution in [0.25, 0.3) is 0 Å². The number of aromatic nitrogens is 1. The van der Waals surface area contributed by atoms with Gasteiger partial charge in [0.05, 0.1) is 12.1 Å². The molecule has 0 radical (unpaired) electrons. The van der Waals surface area contributed by atoms with Crippen LogP contribution in [0.1, 0.15) is 42.5 Å². The fourth-order valence-corrected chi connectivity index (χ4v) is 3.09. The summed E-state index contributed by atoms with van der Waals surface area (Å²) in [6.07, 6.45) is 6.47. The van der Waals surface area contributed by atoms with Crippen molar-refractivity contribution in [3.05, 3.63) is 22.9 Å². The molecule has 1 aromatic heterocycles. The third-order valence-electron chi connectivity index (χ3n) is 4.29. The maximum absolute atomic E-state index is 12.1. The van der Waals surface area contributed by atoms with Crippen molar-refractivity contribution in [2.45, 2.75) is 38.5 Å². The molecule has 0 spiro atoms. The van der Waals surface area contributed by atoms with Gasteiger partial charge in [0, 0.05) is 18.8 Å². The lowest BCUT2D eigenvalue weighted by atomic mass is 9.95. The largest absolute Gasteiger partial charge is 0.360 e. The van der Waals surface area contributed by atoms with E-state index in [1.165, 1.54) is 12.0 Å². The Hall–Kier alpha value is -2.09. The number of aryl methyl sites for hydroxylation is 2. The maximum atomic E-state index is 12.1. The van der Waals surface area contributed by atoms with Crippen molar-refractivity contribution in [3.63, 3.8) is 0 Å². The fraction of sp³-hybridized carbons (Fsp3) is 0.562. The second kappa shape index (κ2) is 6.13. The molecule has 0 saturated carbocycles. The Balaban J connectivity index is 1.72. The molecule has 0 bridgehead atoms. The van der Waals surface area contributed by atoms with Crippen molar-refractivity contribution in [1.29, 1.82) is 5.26 Å². The van der Waals surface area contributed by atoms with Gasteiger partial charge in [0.25, 0.3) is 0 Å². The molecular weight excluding hydrogens is 264 g/mol. The summed E-state index contributed by atoms with van der Waals surface area (Å²) in [6.45, 7) is 1.92. The predicted octanol–water partition coefficient (Wildman–Crippen LogP) is 1.87. The van der Waals surface area contributed by atoms with Crippen molar-refractivity contribution in [1.82, 2.24) is 9.88 Å². The van der Waals surface area contributed by atoms with E-state index in [1.54, 1.807) is 0 Å². The quantitative estimate of drug-likeness (QED) is 0.920. The summed E-state index contributed by atoms with van der Waals surface area (Å²) in [7, 11) is 0. The smallest absolute Gasteiger partial charge is 0.241 e. The Bertz CT molecular complexity index is 585. The third kappa shape index (κ3) is 2.99. The molecule has 2 heterocycles. The van der Waals surface area contributed by atoms with Gasteiger partial charge in [-0.2, -0.15) is 5.26 Å². The molecule has 0 atom stereocenters. The molecule has 0 unspecified atom stereocenters. The Kier molecular flexibility index (Phi) is 4.05. The number of nitrogens with zero attached hydrogens (tertiary/aromatic N) is 3. The van der Waals surface area contributed by atoms with E-state index in [2.05, 4.69) is 16.4 Å². The van der Waals surface area contributed by atoms with Gasteiger partial charge in [0.15, 0.2) is 0 Å². The number of likely N-dealkylation sites (tertiary alicyclic amines) is 1. The minimum atomic E-state index is 0.0934. The monoisotopic (exact) mass is 284 g/mol. The van der Waals surface area contributed by atoms with E-state index in [0.717, 1.165) is 50.9 Å². The second-order valence-corrected chi connectivity index (χ2v) is 5.75. The topological polar surface area (TPSA) is 69.0 Å². The lowest BCUT2D eigenvalue weighted by Gasteiger charge is -2.19. The summed E-state index contributed by atoms with van der Waals surface area (Å²) < 4.78 is 0. The Morgan fingerprint density at radius 2 is 2.05 bits per heavy atom. The van der Waals surface area contributed by atoms with Crippen LogP contribution in [-0.2, 0) is 17.6 Å². The standard InChI is InChI=1S/C16H20N4O/c17-10-13-9-12-5-1-2-6-14(12)19-16(13)18-11-15(21)20-7-3-4-8-20/h9H,1-8,11H2,(H,18,19). The second-order valence-electron chi connectivity index (χ2n) is 5.75. The van der Waals surface area contributed by atoms with Crippen LogP contribution in [0.4, 0.5) is 5.82 Å². The molecule has 1 N–H and O–H groups in total. The highest BCUT2D eigenvalue weighted by atomic mass is 16.2. The van der Waals surface area contributed by atoms with E-state index in [-0.39, 0.29) is 12.5 Å². The fourth-order valence-electron chi connectivity index (χ4n) is 3.09. The van der Waals surface area contributed by atoms with Crippen LogP contribution < -0.4 is 5.32 Å². The zero-order valence-corrected chi connectivity index (χ0v) is 12.2. The number of carbonyl (C=O) groups excluding carboxylic acids is 1. The predicted molar refractivity (Wildman–Crippen MR) is 79.9 cm³/mol. The minimum absolute atomic E-state index is 0.0934. The first kappa shape index (κ1) is 13.9. The number of hydrogen-bond donors (Lipinski definition) is 1. The average molecular weight is 284 g/mol. The molecule has 21 heavy (non-hydrogen) atoms. The number of pyridine rings is 1. The van der Waals surface area contributed by atoms with Crippen molar-refractivity contribution in [2.75, 3.05) is 25.0 Å². The molecule has 1 aliphatic carbocycles. The number of rotatable bonds is 3. The maximum Gasteiger partial charge on any atom is 0.241 e.